The molecule has 3 nitrogen and oxygen atoms in total. The molecule has 86 valence electrons. The van der Waals surface area contributed by atoms with Crippen molar-refractivity contribution in [3.8, 4) is 0 Å². The van der Waals surface area contributed by atoms with Crippen molar-refractivity contribution in [2.75, 3.05) is 5.32 Å². The Balaban J connectivity index is 2.15. The number of anilines is 1. The molecular weight excluding hydrogens is 200 g/mol. The van der Waals surface area contributed by atoms with Gasteiger partial charge in [-0.1, -0.05) is 19.1 Å². The smallest absolute Gasteiger partial charge is 0.227 e. The molecule has 0 spiro atoms. The monoisotopic (exact) mass is 218 g/mol. The topological polar surface area (TPSA) is 55.1 Å². The van der Waals surface area contributed by atoms with Crippen LogP contribution in [0.2, 0.25) is 0 Å². The van der Waals surface area contributed by atoms with Crippen molar-refractivity contribution in [3.05, 3.63) is 29.3 Å². The van der Waals surface area contributed by atoms with Crippen LogP contribution in [0, 0.1) is 5.92 Å². The molecule has 1 aliphatic rings. The van der Waals surface area contributed by atoms with Crippen LogP contribution in [0.4, 0.5) is 5.69 Å². The third-order valence-corrected chi connectivity index (χ3v) is 3.00. The zero-order chi connectivity index (χ0) is 11.5. The van der Waals surface area contributed by atoms with Gasteiger partial charge in [0.05, 0.1) is 0 Å². The fraction of sp³-hybridized carbons (Fsp3) is 0.462. The molecule has 2 rings (SSSR count). The summed E-state index contributed by atoms with van der Waals surface area (Å²) in [6, 6.07) is 6.07. The maximum atomic E-state index is 11.6. The number of carbonyl (C=O) groups excluding carboxylic acids is 1. The number of nitrogens with two attached hydrogens (primary N) is 1. The van der Waals surface area contributed by atoms with Crippen LogP contribution in [-0.2, 0) is 17.8 Å². The lowest BCUT2D eigenvalue weighted by Crippen LogP contribution is -2.15. The number of hydrogen-bond donors (Lipinski definition) is 2. The summed E-state index contributed by atoms with van der Waals surface area (Å²) in [5.41, 5.74) is 8.84. The van der Waals surface area contributed by atoms with E-state index in [9.17, 15) is 4.79 Å². The van der Waals surface area contributed by atoms with Crippen LogP contribution in [0.1, 0.15) is 30.9 Å². The van der Waals surface area contributed by atoms with Gasteiger partial charge >= 0.3 is 0 Å². The van der Waals surface area contributed by atoms with E-state index in [1.807, 2.05) is 12.1 Å². The van der Waals surface area contributed by atoms with Crippen LogP contribution in [0.15, 0.2) is 18.2 Å². The van der Waals surface area contributed by atoms with Crippen LogP contribution in [0.5, 0.6) is 0 Å². The lowest BCUT2D eigenvalue weighted by molar-refractivity contribution is -0.117. The zero-order valence-electron chi connectivity index (χ0n) is 9.62. The fourth-order valence-electron chi connectivity index (χ4n) is 1.74. The second-order valence-electron chi connectivity index (χ2n) is 4.31. The van der Waals surface area contributed by atoms with Gasteiger partial charge in [-0.2, -0.15) is 0 Å². The number of nitrogens with one attached hydrogen (secondary N) is 1. The number of amides is 1. The highest BCUT2D eigenvalue weighted by molar-refractivity contribution is 5.94. The number of benzene rings is 1. The van der Waals surface area contributed by atoms with E-state index in [4.69, 9.17) is 5.73 Å². The summed E-state index contributed by atoms with van der Waals surface area (Å²) in [5, 5.41) is 2.96. The highest BCUT2D eigenvalue weighted by atomic mass is 16.2. The van der Waals surface area contributed by atoms with Crippen molar-refractivity contribution in [1.29, 1.82) is 0 Å². The number of aryl methyl sites for hydroxylation is 1. The lowest BCUT2D eigenvalue weighted by atomic mass is 10.1. The Bertz CT molecular complexity index is 397. The highest BCUT2D eigenvalue weighted by Crippen LogP contribution is 2.30. The quantitative estimate of drug-likeness (QED) is 0.812. The molecule has 16 heavy (non-hydrogen) atoms. The Kier molecular flexibility index (Phi) is 3.25. The van der Waals surface area contributed by atoms with Crippen molar-refractivity contribution in [2.24, 2.45) is 11.7 Å². The molecule has 0 heterocycles. The lowest BCUT2D eigenvalue weighted by Gasteiger charge is -2.11. The molecule has 0 unspecified atom stereocenters. The second-order valence-corrected chi connectivity index (χ2v) is 4.31. The number of hydrogen-bond acceptors (Lipinski definition) is 2. The van der Waals surface area contributed by atoms with Gasteiger partial charge in [0.1, 0.15) is 0 Å². The normalized spacial score (nSPS) is 14.9. The van der Waals surface area contributed by atoms with Gasteiger partial charge in [-0.15, -0.1) is 0 Å². The molecule has 0 aromatic heterocycles. The molecule has 0 saturated heterocycles. The van der Waals surface area contributed by atoms with Crippen LogP contribution in [0.25, 0.3) is 0 Å². The minimum absolute atomic E-state index is 0.138. The van der Waals surface area contributed by atoms with Gasteiger partial charge in [0.2, 0.25) is 5.91 Å². The molecule has 0 aliphatic heterocycles. The Morgan fingerprint density at radius 1 is 1.50 bits per heavy atom. The van der Waals surface area contributed by atoms with E-state index in [0.717, 1.165) is 30.5 Å². The average molecular weight is 218 g/mol. The molecule has 0 atom stereocenters. The molecule has 1 fully saturated rings. The molecule has 1 aromatic rings. The molecule has 1 amide bonds. The van der Waals surface area contributed by atoms with Gasteiger partial charge < -0.3 is 11.1 Å². The SMILES string of the molecule is CCc1ccc(NC(=O)C2CC2)c(CN)c1. The molecule has 1 saturated carbocycles. The van der Waals surface area contributed by atoms with Gasteiger partial charge in [-0.25, -0.2) is 0 Å². The Labute approximate surface area is 96.0 Å². The standard InChI is InChI=1S/C13H18N2O/c1-2-9-3-6-12(11(7-9)8-14)15-13(16)10-4-5-10/h3,6-7,10H,2,4-5,8,14H2,1H3,(H,15,16). The minimum atomic E-state index is 0.138. The molecule has 3 heteroatoms. The first-order valence-electron chi connectivity index (χ1n) is 5.87. The maximum absolute atomic E-state index is 11.6. The van der Waals surface area contributed by atoms with E-state index in [0.29, 0.717) is 6.54 Å². The van der Waals surface area contributed by atoms with Crippen LogP contribution in [-0.4, -0.2) is 5.91 Å². The molecule has 0 bridgehead atoms. The largest absolute Gasteiger partial charge is 0.326 e. The first-order chi connectivity index (χ1) is 7.74. The van der Waals surface area contributed by atoms with Crippen molar-refractivity contribution >= 4 is 11.6 Å². The summed E-state index contributed by atoms with van der Waals surface area (Å²) in [7, 11) is 0. The Morgan fingerprint density at radius 2 is 2.25 bits per heavy atom. The van der Waals surface area contributed by atoms with Gasteiger partial charge in [-0.05, 0) is 36.5 Å². The molecular formula is C13H18N2O. The number of rotatable bonds is 4. The summed E-state index contributed by atoms with van der Waals surface area (Å²) in [6.45, 7) is 2.58. The molecule has 1 aromatic carbocycles. The van der Waals surface area contributed by atoms with Crippen molar-refractivity contribution in [3.63, 3.8) is 0 Å². The van der Waals surface area contributed by atoms with Gasteiger partial charge in [0.25, 0.3) is 0 Å². The van der Waals surface area contributed by atoms with E-state index >= 15 is 0 Å². The van der Waals surface area contributed by atoms with Crippen molar-refractivity contribution in [2.45, 2.75) is 32.7 Å². The van der Waals surface area contributed by atoms with E-state index in [1.165, 1.54) is 5.56 Å². The Morgan fingerprint density at radius 3 is 2.81 bits per heavy atom. The second kappa shape index (κ2) is 4.66. The summed E-state index contributed by atoms with van der Waals surface area (Å²) in [6.07, 6.45) is 3.04. The van der Waals surface area contributed by atoms with Gasteiger partial charge in [-0.3, -0.25) is 4.79 Å². The zero-order valence-corrected chi connectivity index (χ0v) is 9.62. The average Bonchev–Trinajstić information content (AvgIpc) is 3.13. The predicted molar refractivity (Wildman–Crippen MR) is 65.1 cm³/mol. The Hall–Kier alpha value is -1.35. The summed E-state index contributed by atoms with van der Waals surface area (Å²) < 4.78 is 0. The van der Waals surface area contributed by atoms with E-state index < -0.39 is 0 Å². The van der Waals surface area contributed by atoms with Crippen LogP contribution < -0.4 is 11.1 Å². The van der Waals surface area contributed by atoms with Crippen LogP contribution in [0.3, 0.4) is 0 Å². The third kappa shape index (κ3) is 2.42. The van der Waals surface area contributed by atoms with E-state index in [1.54, 1.807) is 0 Å². The first kappa shape index (κ1) is 11.1. The first-order valence-corrected chi connectivity index (χ1v) is 5.87. The maximum Gasteiger partial charge on any atom is 0.227 e. The fourth-order valence-corrected chi connectivity index (χ4v) is 1.74. The molecule has 0 radical (unpaired) electrons. The van der Waals surface area contributed by atoms with Crippen molar-refractivity contribution in [1.82, 2.24) is 0 Å². The van der Waals surface area contributed by atoms with E-state index in [-0.39, 0.29) is 11.8 Å². The van der Waals surface area contributed by atoms with Gasteiger partial charge in [0, 0.05) is 18.2 Å². The molecule has 1 aliphatic carbocycles. The third-order valence-electron chi connectivity index (χ3n) is 3.00. The van der Waals surface area contributed by atoms with E-state index in [2.05, 4.69) is 18.3 Å². The predicted octanol–water partition coefficient (Wildman–Crippen LogP) is 2.06. The van der Waals surface area contributed by atoms with Gasteiger partial charge in [0.15, 0.2) is 0 Å². The summed E-state index contributed by atoms with van der Waals surface area (Å²) in [5.74, 6) is 0.371. The van der Waals surface area contributed by atoms with Crippen molar-refractivity contribution < 1.29 is 4.79 Å². The minimum Gasteiger partial charge on any atom is -0.326 e. The summed E-state index contributed by atoms with van der Waals surface area (Å²) >= 11 is 0. The number of carbonyl (C=O) groups is 1. The van der Waals surface area contributed by atoms with Crippen LogP contribution >= 0.6 is 0 Å². The summed E-state index contributed by atoms with van der Waals surface area (Å²) in [4.78, 5) is 11.6. The molecule has 3 N–H and O–H groups in total. The highest BCUT2D eigenvalue weighted by Gasteiger charge is 2.29.